The summed E-state index contributed by atoms with van der Waals surface area (Å²) in [6.45, 7) is 4.78. The van der Waals surface area contributed by atoms with Crippen LogP contribution in [0, 0.1) is 5.41 Å². The Hall–Kier alpha value is -0.610. The third-order valence-corrected chi connectivity index (χ3v) is 2.92. The van der Waals surface area contributed by atoms with Crippen molar-refractivity contribution in [3.63, 3.8) is 0 Å². The van der Waals surface area contributed by atoms with Crippen molar-refractivity contribution in [1.29, 1.82) is 0 Å². The molecule has 0 aromatic heterocycles. The first kappa shape index (κ1) is 11.5. The highest BCUT2D eigenvalue weighted by Gasteiger charge is 2.50. The van der Waals surface area contributed by atoms with Gasteiger partial charge in [0.15, 0.2) is 0 Å². The molecule has 0 spiro atoms. The van der Waals surface area contributed by atoms with Crippen molar-refractivity contribution in [1.82, 2.24) is 4.90 Å². The molecule has 0 unspecified atom stereocenters. The van der Waals surface area contributed by atoms with Gasteiger partial charge in [-0.1, -0.05) is 0 Å². The predicted molar refractivity (Wildman–Crippen MR) is 54.7 cm³/mol. The van der Waals surface area contributed by atoms with Crippen LogP contribution in [-0.4, -0.2) is 41.7 Å². The zero-order valence-corrected chi connectivity index (χ0v) is 8.99. The number of amides is 1. The Bertz CT molecular complexity index is 212. The van der Waals surface area contributed by atoms with Gasteiger partial charge < -0.3 is 15.7 Å². The van der Waals surface area contributed by atoms with Crippen LogP contribution in [0.2, 0.25) is 0 Å². The summed E-state index contributed by atoms with van der Waals surface area (Å²) in [6, 6.07) is 0.138. The van der Waals surface area contributed by atoms with Crippen LogP contribution in [0.5, 0.6) is 0 Å². The number of aliphatic hydroxyl groups excluding tert-OH is 1. The lowest BCUT2D eigenvalue weighted by Gasteiger charge is -2.29. The standard InChI is InChI=1S/C10H20N2O2/c1-8(2)12(5-6-13)9(14)10(7-11)3-4-10/h8,13H,3-7,11H2,1-2H3. The van der Waals surface area contributed by atoms with Gasteiger partial charge in [0.2, 0.25) is 5.91 Å². The fourth-order valence-corrected chi connectivity index (χ4v) is 1.66. The van der Waals surface area contributed by atoms with Gasteiger partial charge in [0.25, 0.3) is 0 Å². The number of nitrogens with zero attached hydrogens (tertiary/aromatic N) is 1. The summed E-state index contributed by atoms with van der Waals surface area (Å²) < 4.78 is 0. The van der Waals surface area contributed by atoms with Gasteiger partial charge in [0.1, 0.15) is 0 Å². The third kappa shape index (κ3) is 2.07. The monoisotopic (exact) mass is 200 g/mol. The summed E-state index contributed by atoms with van der Waals surface area (Å²) in [5.74, 6) is 0.115. The molecule has 3 N–H and O–H groups in total. The van der Waals surface area contributed by atoms with Crippen molar-refractivity contribution >= 4 is 5.91 Å². The van der Waals surface area contributed by atoms with E-state index >= 15 is 0 Å². The molecule has 0 saturated heterocycles. The third-order valence-electron chi connectivity index (χ3n) is 2.92. The largest absolute Gasteiger partial charge is 0.395 e. The van der Waals surface area contributed by atoms with Crippen LogP contribution in [0.15, 0.2) is 0 Å². The molecule has 1 saturated carbocycles. The zero-order chi connectivity index (χ0) is 10.8. The van der Waals surface area contributed by atoms with Crippen molar-refractivity contribution in [3.8, 4) is 0 Å². The smallest absolute Gasteiger partial charge is 0.230 e. The molecule has 1 amide bonds. The molecule has 1 rings (SSSR count). The molecule has 0 atom stereocenters. The van der Waals surface area contributed by atoms with Crippen molar-refractivity contribution in [2.45, 2.75) is 32.7 Å². The molecule has 0 aromatic rings. The maximum atomic E-state index is 12.0. The van der Waals surface area contributed by atoms with Crippen LogP contribution < -0.4 is 5.73 Å². The van der Waals surface area contributed by atoms with E-state index in [9.17, 15) is 4.79 Å². The van der Waals surface area contributed by atoms with Gasteiger partial charge in [-0.15, -0.1) is 0 Å². The fraction of sp³-hybridized carbons (Fsp3) is 0.900. The molecule has 0 aromatic carbocycles. The highest BCUT2D eigenvalue weighted by molar-refractivity contribution is 5.85. The molecule has 0 radical (unpaired) electrons. The Morgan fingerprint density at radius 3 is 2.43 bits per heavy atom. The minimum Gasteiger partial charge on any atom is -0.395 e. The van der Waals surface area contributed by atoms with Crippen LogP contribution >= 0.6 is 0 Å². The second-order valence-corrected chi connectivity index (χ2v) is 4.30. The highest BCUT2D eigenvalue weighted by Crippen LogP contribution is 2.46. The molecular formula is C10H20N2O2. The molecular weight excluding hydrogens is 180 g/mol. The van der Waals surface area contributed by atoms with Crippen LogP contribution in [0.1, 0.15) is 26.7 Å². The summed E-state index contributed by atoms with van der Waals surface area (Å²) >= 11 is 0. The molecule has 4 heteroatoms. The molecule has 0 heterocycles. The summed E-state index contributed by atoms with van der Waals surface area (Å²) in [5, 5.41) is 8.87. The number of hydrogen-bond donors (Lipinski definition) is 2. The summed E-state index contributed by atoms with van der Waals surface area (Å²) in [4.78, 5) is 13.7. The van der Waals surface area contributed by atoms with E-state index in [1.165, 1.54) is 0 Å². The van der Waals surface area contributed by atoms with E-state index in [1.807, 2.05) is 13.8 Å². The predicted octanol–water partition coefficient (Wildman–Crippen LogP) is -0.0454. The Balaban J connectivity index is 2.64. The summed E-state index contributed by atoms with van der Waals surface area (Å²) in [7, 11) is 0. The normalized spacial score (nSPS) is 18.4. The number of nitrogens with two attached hydrogens (primary N) is 1. The second-order valence-electron chi connectivity index (χ2n) is 4.30. The lowest BCUT2D eigenvalue weighted by Crippen LogP contribution is -2.45. The lowest BCUT2D eigenvalue weighted by atomic mass is 10.0. The van der Waals surface area contributed by atoms with E-state index in [0.717, 1.165) is 12.8 Å². The average molecular weight is 200 g/mol. The van der Waals surface area contributed by atoms with Crippen molar-refractivity contribution in [3.05, 3.63) is 0 Å². The molecule has 1 aliphatic rings. The first-order valence-electron chi connectivity index (χ1n) is 5.19. The number of carbonyl (C=O) groups excluding carboxylic acids is 1. The van der Waals surface area contributed by atoms with Gasteiger partial charge in [-0.2, -0.15) is 0 Å². The number of hydrogen-bond acceptors (Lipinski definition) is 3. The van der Waals surface area contributed by atoms with Crippen LogP contribution in [0.3, 0.4) is 0 Å². The Morgan fingerprint density at radius 1 is 1.57 bits per heavy atom. The Morgan fingerprint density at radius 2 is 2.14 bits per heavy atom. The zero-order valence-electron chi connectivity index (χ0n) is 8.99. The molecule has 14 heavy (non-hydrogen) atoms. The summed E-state index contributed by atoms with van der Waals surface area (Å²) in [5.41, 5.74) is 5.30. The van der Waals surface area contributed by atoms with E-state index in [-0.39, 0.29) is 24.0 Å². The minimum atomic E-state index is -0.292. The minimum absolute atomic E-state index is 0.0184. The molecule has 4 nitrogen and oxygen atoms in total. The topological polar surface area (TPSA) is 66.6 Å². The SMILES string of the molecule is CC(C)N(CCO)C(=O)C1(CN)CC1. The Labute approximate surface area is 85.1 Å². The summed E-state index contributed by atoms with van der Waals surface area (Å²) in [6.07, 6.45) is 1.80. The van der Waals surface area contributed by atoms with Crippen LogP contribution in [-0.2, 0) is 4.79 Å². The van der Waals surface area contributed by atoms with Gasteiger partial charge in [-0.05, 0) is 26.7 Å². The molecule has 0 bridgehead atoms. The lowest BCUT2D eigenvalue weighted by molar-refractivity contribution is -0.139. The van der Waals surface area contributed by atoms with Gasteiger partial charge >= 0.3 is 0 Å². The average Bonchev–Trinajstić information content (AvgIpc) is 2.93. The Kier molecular flexibility index (Phi) is 3.50. The second kappa shape index (κ2) is 4.28. The van der Waals surface area contributed by atoms with Crippen LogP contribution in [0.25, 0.3) is 0 Å². The highest BCUT2D eigenvalue weighted by atomic mass is 16.3. The van der Waals surface area contributed by atoms with Crippen molar-refractivity contribution in [2.75, 3.05) is 19.7 Å². The van der Waals surface area contributed by atoms with Gasteiger partial charge in [0, 0.05) is 19.1 Å². The molecule has 1 aliphatic carbocycles. The molecule has 1 fully saturated rings. The van der Waals surface area contributed by atoms with E-state index in [4.69, 9.17) is 10.8 Å². The molecule has 82 valence electrons. The first-order chi connectivity index (χ1) is 6.57. The van der Waals surface area contributed by atoms with Crippen molar-refractivity contribution < 1.29 is 9.90 Å². The van der Waals surface area contributed by atoms with Gasteiger partial charge in [-0.3, -0.25) is 4.79 Å². The van der Waals surface area contributed by atoms with Crippen molar-refractivity contribution in [2.24, 2.45) is 11.1 Å². The van der Waals surface area contributed by atoms with E-state index in [0.29, 0.717) is 13.1 Å². The quantitative estimate of drug-likeness (QED) is 0.654. The maximum absolute atomic E-state index is 12.0. The maximum Gasteiger partial charge on any atom is 0.230 e. The van der Waals surface area contributed by atoms with Gasteiger partial charge in [-0.25, -0.2) is 0 Å². The van der Waals surface area contributed by atoms with Crippen LogP contribution in [0.4, 0.5) is 0 Å². The fourth-order valence-electron chi connectivity index (χ4n) is 1.66. The first-order valence-corrected chi connectivity index (χ1v) is 5.19. The molecule has 0 aliphatic heterocycles. The number of aliphatic hydroxyl groups is 1. The van der Waals surface area contributed by atoms with Gasteiger partial charge in [0.05, 0.1) is 12.0 Å². The van der Waals surface area contributed by atoms with E-state index < -0.39 is 0 Å². The van der Waals surface area contributed by atoms with E-state index in [2.05, 4.69) is 0 Å². The number of rotatable bonds is 5. The number of carbonyl (C=O) groups is 1. The van der Waals surface area contributed by atoms with E-state index in [1.54, 1.807) is 4.90 Å².